The molecule has 0 amide bonds. The van der Waals surface area contributed by atoms with E-state index in [9.17, 15) is 20.2 Å². The molecule has 3 aromatic rings. The van der Waals surface area contributed by atoms with Crippen molar-refractivity contribution in [3.05, 3.63) is 68.0 Å². The van der Waals surface area contributed by atoms with Crippen LogP contribution in [0.5, 0.6) is 11.5 Å². The normalized spacial score (nSPS) is 10.3. The molecular weight excluding hydrogens is 432 g/mol. The van der Waals surface area contributed by atoms with Crippen molar-refractivity contribution in [3.8, 4) is 11.5 Å². The van der Waals surface area contributed by atoms with Crippen LogP contribution in [0.25, 0.3) is 0 Å². The number of nitro benzene ring substituents is 1. The second-order valence-corrected chi connectivity index (χ2v) is 6.33. The van der Waals surface area contributed by atoms with Crippen molar-refractivity contribution >= 4 is 46.0 Å². The van der Waals surface area contributed by atoms with Crippen molar-refractivity contribution in [1.29, 1.82) is 0 Å². The summed E-state index contributed by atoms with van der Waals surface area (Å²) in [5, 5.41) is 28.5. The van der Waals surface area contributed by atoms with Gasteiger partial charge < -0.3 is 20.1 Å². The van der Waals surface area contributed by atoms with Crippen LogP contribution in [0.2, 0.25) is 5.02 Å². The standard InChI is InChI=1S/C18H15ClN6O6/c1-30-14-8-15(31-2)13(7-12(14)19)23-18-16(25(28)29)17(20-9-21-18)22-10-4-3-5-11(6-10)24(26)27/h3-9H,1-2H3,(H2,20,21,22,23). The van der Waals surface area contributed by atoms with Gasteiger partial charge in [0, 0.05) is 23.9 Å². The van der Waals surface area contributed by atoms with Crippen molar-refractivity contribution in [3.63, 3.8) is 0 Å². The zero-order chi connectivity index (χ0) is 22.5. The van der Waals surface area contributed by atoms with Gasteiger partial charge in [0.1, 0.15) is 17.8 Å². The molecule has 0 radical (unpaired) electrons. The molecule has 160 valence electrons. The molecule has 0 aliphatic heterocycles. The number of ether oxygens (including phenoxy) is 2. The van der Waals surface area contributed by atoms with Gasteiger partial charge in [-0.1, -0.05) is 17.7 Å². The Balaban J connectivity index is 2.02. The molecule has 2 N–H and O–H groups in total. The van der Waals surface area contributed by atoms with E-state index in [1.54, 1.807) is 0 Å². The van der Waals surface area contributed by atoms with E-state index >= 15 is 0 Å². The lowest BCUT2D eigenvalue weighted by molar-refractivity contribution is -0.384. The van der Waals surface area contributed by atoms with Gasteiger partial charge in [-0.25, -0.2) is 9.97 Å². The van der Waals surface area contributed by atoms with E-state index < -0.39 is 15.5 Å². The number of non-ortho nitro benzene ring substituents is 1. The number of halogens is 1. The molecule has 3 rings (SSSR count). The molecule has 2 aromatic carbocycles. The molecule has 0 aliphatic rings. The van der Waals surface area contributed by atoms with Gasteiger partial charge in [-0.2, -0.15) is 0 Å². The fraction of sp³-hybridized carbons (Fsp3) is 0.111. The number of hydrogen-bond donors (Lipinski definition) is 2. The molecule has 1 heterocycles. The van der Waals surface area contributed by atoms with Crippen LogP contribution < -0.4 is 20.1 Å². The van der Waals surface area contributed by atoms with Crippen molar-refractivity contribution in [2.24, 2.45) is 0 Å². The Morgan fingerprint density at radius 1 is 0.935 bits per heavy atom. The molecule has 0 atom stereocenters. The van der Waals surface area contributed by atoms with Gasteiger partial charge in [0.15, 0.2) is 0 Å². The van der Waals surface area contributed by atoms with Gasteiger partial charge in [0.25, 0.3) is 5.69 Å². The van der Waals surface area contributed by atoms with Crippen molar-refractivity contribution in [2.75, 3.05) is 24.9 Å². The average molecular weight is 447 g/mol. The fourth-order valence-corrected chi connectivity index (χ4v) is 2.89. The topological polar surface area (TPSA) is 155 Å². The van der Waals surface area contributed by atoms with E-state index in [-0.39, 0.29) is 28.0 Å². The lowest BCUT2D eigenvalue weighted by atomic mass is 10.2. The first-order valence-electron chi connectivity index (χ1n) is 8.53. The van der Waals surface area contributed by atoms with Crippen LogP contribution in [0.4, 0.5) is 34.4 Å². The number of nitrogens with zero attached hydrogens (tertiary/aromatic N) is 4. The molecule has 0 saturated carbocycles. The van der Waals surface area contributed by atoms with E-state index in [1.807, 2.05) is 0 Å². The number of nitrogens with one attached hydrogen (secondary N) is 2. The molecular formula is C18H15ClN6O6. The molecule has 0 saturated heterocycles. The zero-order valence-corrected chi connectivity index (χ0v) is 16.9. The molecule has 0 bridgehead atoms. The van der Waals surface area contributed by atoms with E-state index in [0.29, 0.717) is 17.2 Å². The van der Waals surface area contributed by atoms with Crippen LogP contribution in [0, 0.1) is 20.2 Å². The number of aromatic nitrogens is 2. The first-order valence-corrected chi connectivity index (χ1v) is 8.91. The number of nitro groups is 2. The molecule has 31 heavy (non-hydrogen) atoms. The van der Waals surface area contributed by atoms with Crippen molar-refractivity contribution < 1.29 is 19.3 Å². The van der Waals surface area contributed by atoms with Crippen molar-refractivity contribution in [2.45, 2.75) is 0 Å². The number of rotatable bonds is 8. The van der Waals surface area contributed by atoms with Gasteiger partial charge >= 0.3 is 5.69 Å². The Kier molecular flexibility index (Phi) is 6.31. The molecule has 0 aliphatic carbocycles. The molecule has 12 nitrogen and oxygen atoms in total. The van der Waals surface area contributed by atoms with Crippen LogP contribution in [0.3, 0.4) is 0 Å². The van der Waals surface area contributed by atoms with Crippen LogP contribution in [0.1, 0.15) is 0 Å². The second-order valence-electron chi connectivity index (χ2n) is 5.92. The average Bonchev–Trinajstić information content (AvgIpc) is 2.74. The summed E-state index contributed by atoms with van der Waals surface area (Å²) in [5.41, 5.74) is -0.121. The Morgan fingerprint density at radius 3 is 2.23 bits per heavy atom. The quantitative estimate of drug-likeness (QED) is 0.374. The van der Waals surface area contributed by atoms with Crippen LogP contribution >= 0.6 is 11.6 Å². The summed E-state index contributed by atoms with van der Waals surface area (Å²) in [6.07, 6.45) is 1.10. The largest absolute Gasteiger partial charge is 0.495 e. The first kappa shape index (κ1) is 21.5. The van der Waals surface area contributed by atoms with Crippen LogP contribution in [0.15, 0.2) is 42.7 Å². The monoisotopic (exact) mass is 446 g/mol. The summed E-state index contributed by atoms with van der Waals surface area (Å²) in [7, 11) is 2.85. The molecule has 0 unspecified atom stereocenters. The van der Waals surface area contributed by atoms with Gasteiger partial charge in [-0.15, -0.1) is 0 Å². The summed E-state index contributed by atoms with van der Waals surface area (Å²) < 4.78 is 10.4. The lowest BCUT2D eigenvalue weighted by Crippen LogP contribution is -2.06. The third-order valence-corrected chi connectivity index (χ3v) is 4.35. The maximum atomic E-state index is 11.8. The third kappa shape index (κ3) is 4.70. The van der Waals surface area contributed by atoms with Gasteiger partial charge in [0.05, 0.1) is 34.8 Å². The third-order valence-electron chi connectivity index (χ3n) is 4.05. The summed E-state index contributed by atoms with van der Waals surface area (Å²) in [6, 6.07) is 8.46. The zero-order valence-electron chi connectivity index (χ0n) is 16.2. The smallest absolute Gasteiger partial charge is 0.353 e. The van der Waals surface area contributed by atoms with Gasteiger partial charge in [-0.3, -0.25) is 20.2 Å². The highest BCUT2D eigenvalue weighted by atomic mass is 35.5. The maximum Gasteiger partial charge on any atom is 0.353 e. The van der Waals surface area contributed by atoms with Gasteiger partial charge in [-0.05, 0) is 12.1 Å². The second kappa shape index (κ2) is 9.09. The van der Waals surface area contributed by atoms with Crippen LogP contribution in [-0.4, -0.2) is 34.0 Å². The Hall–Kier alpha value is -4.19. The first-order chi connectivity index (χ1) is 14.8. The van der Waals surface area contributed by atoms with Gasteiger partial charge in [0.2, 0.25) is 11.6 Å². The number of methoxy groups -OCH3 is 2. The predicted molar refractivity (Wildman–Crippen MR) is 113 cm³/mol. The number of hydrogen-bond acceptors (Lipinski definition) is 10. The number of anilines is 4. The van der Waals surface area contributed by atoms with Crippen LogP contribution in [-0.2, 0) is 0 Å². The Labute approximate surface area is 180 Å². The minimum atomic E-state index is -0.681. The molecule has 0 fully saturated rings. The Morgan fingerprint density at radius 2 is 1.61 bits per heavy atom. The SMILES string of the molecule is COc1cc(OC)c(Nc2ncnc(Nc3cccc([N+](=O)[O-])c3)c2[N+](=O)[O-])cc1Cl. The molecule has 0 spiro atoms. The Bertz CT molecular complexity index is 1160. The lowest BCUT2D eigenvalue weighted by Gasteiger charge is -2.14. The molecule has 1 aromatic heterocycles. The minimum Gasteiger partial charge on any atom is -0.495 e. The fourth-order valence-electron chi connectivity index (χ4n) is 2.65. The highest BCUT2D eigenvalue weighted by Crippen LogP contribution is 2.40. The summed E-state index contributed by atoms with van der Waals surface area (Å²) in [5.74, 6) is 0.352. The van der Waals surface area contributed by atoms with E-state index in [4.69, 9.17) is 21.1 Å². The molecule has 13 heteroatoms. The summed E-state index contributed by atoms with van der Waals surface area (Å²) in [6.45, 7) is 0. The highest BCUT2D eigenvalue weighted by Gasteiger charge is 2.25. The highest BCUT2D eigenvalue weighted by molar-refractivity contribution is 6.32. The summed E-state index contributed by atoms with van der Waals surface area (Å²) >= 11 is 6.15. The number of benzene rings is 2. The van der Waals surface area contributed by atoms with E-state index in [2.05, 4.69) is 20.6 Å². The minimum absolute atomic E-state index is 0.146. The maximum absolute atomic E-state index is 11.8. The van der Waals surface area contributed by atoms with Crippen molar-refractivity contribution in [1.82, 2.24) is 9.97 Å². The van der Waals surface area contributed by atoms with E-state index in [0.717, 1.165) is 6.33 Å². The predicted octanol–water partition coefficient (Wildman–Crippen LogP) is 4.45. The summed E-state index contributed by atoms with van der Waals surface area (Å²) in [4.78, 5) is 29.4. The van der Waals surface area contributed by atoms with E-state index in [1.165, 1.54) is 50.6 Å².